The fourth-order valence-electron chi connectivity index (χ4n) is 2.58. The fourth-order valence-corrected chi connectivity index (χ4v) is 4.18. The van der Waals surface area contributed by atoms with Gasteiger partial charge in [0.1, 0.15) is 10.4 Å². The highest BCUT2D eigenvalue weighted by Crippen LogP contribution is 2.22. The molecule has 1 amide bonds. The molecule has 142 valence electrons. The molecule has 8 heteroatoms. The van der Waals surface area contributed by atoms with Gasteiger partial charge in [-0.05, 0) is 30.0 Å². The molecule has 0 radical (unpaired) electrons. The summed E-state index contributed by atoms with van der Waals surface area (Å²) in [6.45, 7) is 2.69. The Morgan fingerprint density at radius 1 is 1.37 bits per heavy atom. The lowest BCUT2D eigenvalue weighted by molar-refractivity contribution is -0.113. The molecule has 0 aliphatic carbocycles. The molecule has 0 fully saturated rings. The van der Waals surface area contributed by atoms with Crippen molar-refractivity contribution in [2.45, 2.75) is 31.5 Å². The number of amides is 1. The van der Waals surface area contributed by atoms with Crippen LogP contribution >= 0.6 is 23.1 Å². The van der Waals surface area contributed by atoms with Gasteiger partial charge in [-0.2, -0.15) is 0 Å². The molecule has 0 saturated carbocycles. The van der Waals surface area contributed by atoms with E-state index in [-0.39, 0.29) is 17.2 Å². The summed E-state index contributed by atoms with van der Waals surface area (Å²) in [5.41, 5.74) is 1.33. The van der Waals surface area contributed by atoms with Gasteiger partial charge in [0.15, 0.2) is 5.16 Å². The molecule has 0 aliphatic heterocycles. The fraction of sp³-hybridized carbons (Fsp3) is 0.316. The van der Waals surface area contributed by atoms with E-state index < -0.39 is 0 Å². The number of hydrogen-bond acceptors (Lipinski definition) is 6. The number of thiophene rings is 1. The van der Waals surface area contributed by atoms with Crippen molar-refractivity contribution in [3.8, 4) is 5.75 Å². The number of anilines is 1. The highest BCUT2D eigenvalue weighted by Gasteiger charge is 2.14. The smallest absolute Gasteiger partial charge is 0.272 e. The molecule has 0 atom stereocenters. The van der Waals surface area contributed by atoms with E-state index in [4.69, 9.17) is 4.74 Å². The van der Waals surface area contributed by atoms with E-state index in [9.17, 15) is 9.59 Å². The second-order valence-electron chi connectivity index (χ2n) is 5.91. The molecule has 0 bridgehead atoms. The van der Waals surface area contributed by atoms with E-state index in [1.54, 1.807) is 23.8 Å². The van der Waals surface area contributed by atoms with Crippen molar-refractivity contribution in [1.29, 1.82) is 0 Å². The van der Waals surface area contributed by atoms with Crippen molar-refractivity contribution in [3.63, 3.8) is 0 Å². The van der Waals surface area contributed by atoms with Crippen LogP contribution in [-0.4, -0.2) is 28.3 Å². The molecule has 6 nitrogen and oxygen atoms in total. The monoisotopic (exact) mass is 403 g/mol. The zero-order valence-corrected chi connectivity index (χ0v) is 16.9. The van der Waals surface area contributed by atoms with Gasteiger partial charge in [-0.1, -0.05) is 31.2 Å². The minimum Gasteiger partial charge on any atom is -0.497 e. The minimum atomic E-state index is -0.157. The molecule has 3 aromatic rings. The van der Waals surface area contributed by atoms with Crippen molar-refractivity contribution >= 4 is 44.9 Å². The van der Waals surface area contributed by atoms with Crippen LogP contribution < -0.4 is 15.6 Å². The Kier molecular flexibility index (Phi) is 6.52. The van der Waals surface area contributed by atoms with Crippen LogP contribution in [0.5, 0.6) is 5.75 Å². The van der Waals surface area contributed by atoms with Crippen LogP contribution in [0.4, 0.5) is 5.69 Å². The summed E-state index contributed by atoms with van der Waals surface area (Å²) in [7, 11) is 1.58. The predicted octanol–water partition coefficient (Wildman–Crippen LogP) is 4.00. The standard InChI is InChI=1S/C19H21N3O3S2/c1-3-4-9-22-18(24)17-15(8-10-26-17)21-19(22)27-12-16(23)20-13-6-5-7-14(11-13)25-2/h5-8,10-11H,3-4,9,12H2,1-2H3,(H,20,23). The number of nitrogens with zero attached hydrogens (tertiary/aromatic N) is 2. The van der Waals surface area contributed by atoms with Crippen molar-refractivity contribution < 1.29 is 9.53 Å². The lowest BCUT2D eigenvalue weighted by Crippen LogP contribution is -2.23. The molecule has 0 saturated heterocycles. The number of thioether (sulfide) groups is 1. The molecule has 27 heavy (non-hydrogen) atoms. The highest BCUT2D eigenvalue weighted by molar-refractivity contribution is 7.99. The van der Waals surface area contributed by atoms with Crippen LogP contribution in [0, 0.1) is 0 Å². The zero-order chi connectivity index (χ0) is 19.2. The Labute approximate surface area is 165 Å². The maximum atomic E-state index is 12.7. The number of nitrogens with one attached hydrogen (secondary N) is 1. The Balaban J connectivity index is 1.75. The molecule has 0 unspecified atom stereocenters. The molecule has 1 N–H and O–H groups in total. The van der Waals surface area contributed by atoms with Gasteiger partial charge in [0.25, 0.3) is 5.56 Å². The van der Waals surface area contributed by atoms with Crippen LogP contribution in [-0.2, 0) is 11.3 Å². The molecule has 3 rings (SSSR count). The largest absolute Gasteiger partial charge is 0.497 e. The van der Waals surface area contributed by atoms with Gasteiger partial charge >= 0.3 is 0 Å². The van der Waals surface area contributed by atoms with Gasteiger partial charge in [-0.3, -0.25) is 14.2 Å². The number of ether oxygens (including phenoxy) is 1. The Morgan fingerprint density at radius 2 is 2.22 bits per heavy atom. The van der Waals surface area contributed by atoms with Gasteiger partial charge in [-0.25, -0.2) is 4.98 Å². The summed E-state index contributed by atoms with van der Waals surface area (Å²) in [6, 6.07) is 9.03. The minimum absolute atomic E-state index is 0.0286. The van der Waals surface area contributed by atoms with Gasteiger partial charge < -0.3 is 10.1 Å². The van der Waals surface area contributed by atoms with Crippen LogP contribution in [0.15, 0.2) is 45.7 Å². The summed E-state index contributed by atoms with van der Waals surface area (Å²) < 4.78 is 7.51. The van der Waals surface area contributed by atoms with E-state index in [0.29, 0.717) is 33.4 Å². The SMILES string of the molecule is CCCCn1c(SCC(=O)Nc2cccc(OC)c2)nc2ccsc2c1=O. The number of carbonyl (C=O) groups is 1. The van der Waals surface area contributed by atoms with E-state index >= 15 is 0 Å². The number of unbranched alkanes of at least 4 members (excludes halogenated alkanes) is 1. The molecule has 2 aromatic heterocycles. The molecule has 0 spiro atoms. The van der Waals surface area contributed by atoms with Crippen molar-refractivity contribution in [1.82, 2.24) is 9.55 Å². The predicted molar refractivity (Wildman–Crippen MR) is 111 cm³/mol. The molecule has 2 heterocycles. The molecule has 1 aromatic carbocycles. The summed E-state index contributed by atoms with van der Waals surface area (Å²) in [5.74, 6) is 0.694. The quantitative estimate of drug-likeness (QED) is 0.455. The first-order chi connectivity index (χ1) is 13.1. The first kappa shape index (κ1) is 19.4. The van der Waals surface area contributed by atoms with Crippen LogP contribution in [0.1, 0.15) is 19.8 Å². The lowest BCUT2D eigenvalue weighted by Gasteiger charge is -2.11. The number of carbonyl (C=O) groups excluding carboxylic acids is 1. The average molecular weight is 404 g/mol. The zero-order valence-electron chi connectivity index (χ0n) is 15.2. The normalized spacial score (nSPS) is 10.9. The Morgan fingerprint density at radius 3 is 3.00 bits per heavy atom. The first-order valence-electron chi connectivity index (χ1n) is 8.67. The summed E-state index contributed by atoms with van der Waals surface area (Å²) in [4.78, 5) is 29.6. The Hall–Kier alpha value is -2.32. The molecular formula is C19H21N3O3S2. The first-order valence-corrected chi connectivity index (χ1v) is 10.5. The number of hydrogen-bond donors (Lipinski definition) is 1. The second-order valence-corrected chi connectivity index (χ2v) is 7.77. The highest BCUT2D eigenvalue weighted by atomic mass is 32.2. The summed E-state index contributed by atoms with van der Waals surface area (Å²) in [5, 5.41) is 5.30. The molecular weight excluding hydrogens is 382 g/mol. The van der Waals surface area contributed by atoms with Gasteiger partial charge in [0.05, 0.1) is 18.4 Å². The van der Waals surface area contributed by atoms with E-state index in [1.165, 1.54) is 23.1 Å². The summed E-state index contributed by atoms with van der Waals surface area (Å²) >= 11 is 2.68. The van der Waals surface area contributed by atoms with Crippen molar-refractivity contribution in [3.05, 3.63) is 46.1 Å². The van der Waals surface area contributed by atoms with E-state index in [2.05, 4.69) is 17.2 Å². The van der Waals surface area contributed by atoms with Crippen LogP contribution in [0.25, 0.3) is 10.2 Å². The van der Waals surface area contributed by atoms with Gasteiger partial charge in [0, 0.05) is 18.3 Å². The van der Waals surface area contributed by atoms with Gasteiger partial charge in [-0.15, -0.1) is 11.3 Å². The third-order valence-electron chi connectivity index (χ3n) is 3.95. The van der Waals surface area contributed by atoms with E-state index in [1.807, 2.05) is 23.6 Å². The number of fused-ring (bicyclic) bond motifs is 1. The Bertz CT molecular complexity index is 997. The third-order valence-corrected chi connectivity index (χ3v) is 5.82. The molecule has 0 aliphatic rings. The maximum absolute atomic E-state index is 12.7. The topological polar surface area (TPSA) is 73.2 Å². The summed E-state index contributed by atoms with van der Waals surface area (Å²) in [6.07, 6.45) is 1.87. The van der Waals surface area contributed by atoms with Crippen LogP contribution in [0.2, 0.25) is 0 Å². The van der Waals surface area contributed by atoms with Crippen LogP contribution in [0.3, 0.4) is 0 Å². The number of benzene rings is 1. The van der Waals surface area contributed by atoms with Crippen molar-refractivity contribution in [2.75, 3.05) is 18.2 Å². The average Bonchev–Trinajstić information content (AvgIpc) is 3.15. The van der Waals surface area contributed by atoms with Gasteiger partial charge in [0.2, 0.25) is 5.91 Å². The number of aromatic nitrogens is 2. The number of rotatable bonds is 8. The van der Waals surface area contributed by atoms with E-state index in [0.717, 1.165) is 12.8 Å². The third kappa shape index (κ3) is 4.70. The van der Waals surface area contributed by atoms with Crippen molar-refractivity contribution in [2.24, 2.45) is 0 Å². The lowest BCUT2D eigenvalue weighted by atomic mass is 10.3. The second kappa shape index (κ2) is 9.05. The maximum Gasteiger partial charge on any atom is 0.272 e. The number of methoxy groups -OCH3 is 1.